The highest BCUT2D eigenvalue weighted by Crippen LogP contribution is 2.30. The lowest BCUT2D eigenvalue weighted by Gasteiger charge is -2.24. The molecule has 1 aromatic carbocycles. The van der Waals surface area contributed by atoms with Crippen molar-refractivity contribution in [3.63, 3.8) is 0 Å². The van der Waals surface area contributed by atoms with Crippen LogP contribution in [0.1, 0.15) is 42.9 Å². The van der Waals surface area contributed by atoms with Crippen molar-refractivity contribution < 1.29 is 13.9 Å². The smallest absolute Gasteiger partial charge is 0.0948 e. The number of benzene rings is 1. The third-order valence-corrected chi connectivity index (χ3v) is 3.97. The SMILES string of the molecule is CO[C@H](c1ccc(C2CCOCC2)cc1)[C@H](C)CF. The third-order valence-electron chi connectivity index (χ3n) is 3.97. The van der Waals surface area contributed by atoms with E-state index in [0.29, 0.717) is 5.92 Å². The maximum atomic E-state index is 12.8. The molecule has 1 heterocycles. The molecule has 2 atom stereocenters. The molecule has 1 aliphatic rings. The number of halogens is 1. The van der Waals surface area contributed by atoms with E-state index in [1.807, 2.05) is 6.92 Å². The van der Waals surface area contributed by atoms with Crippen molar-refractivity contribution in [3.8, 4) is 0 Å². The average Bonchev–Trinajstić information content (AvgIpc) is 2.49. The number of alkyl halides is 1. The summed E-state index contributed by atoms with van der Waals surface area (Å²) in [5, 5.41) is 0. The number of hydrogen-bond acceptors (Lipinski definition) is 2. The lowest BCUT2D eigenvalue weighted by atomic mass is 9.89. The van der Waals surface area contributed by atoms with Gasteiger partial charge in [0.2, 0.25) is 0 Å². The lowest BCUT2D eigenvalue weighted by molar-refractivity contribution is 0.0479. The first-order valence-corrected chi connectivity index (χ1v) is 7.02. The second-order valence-electron chi connectivity index (χ2n) is 5.34. The van der Waals surface area contributed by atoms with E-state index in [-0.39, 0.29) is 18.7 Å². The van der Waals surface area contributed by atoms with Gasteiger partial charge >= 0.3 is 0 Å². The van der Waals surface area contributed by atoms with Gasteiger partial charge in [0.25, 0.3) is 0 Å². The molecule has 1 aliphatic heterocycles. The summed E-state index contributed by atoms with van der Waals surface area (Å²) in [6.45, 7) is 3.22. The fourth-order valence-electron chi connectivity index (χ4n) is 2.77. The Bertz CT molecular complexity index is 371. The van der Waals surface area contributed by atoms with Crippen molar-refractivity contribution in [2.45, 2.75) is 31.8 Å². The number of hydrogen-bond donors (Lipinski definition) is 0. The van der Waals surface area contributed by atoms with Crippen LogP contribution < -0.4 is 0 Å². The van der Waals surface area contributed by atoms with Crippen LogP contribution in [0.4, 0.5) is 4.39 Å². The summed E-state index contributed by atoms with van der Waals surface area (Å²) in [6.07, 6.45) is 2.02. The van der Waals surface area contributed by atoms with Gasteiger partial charge in [0.05, 0.1) is 12.8 Å². The summed E-state index contributed by atoms with van der Waals surface area (Å²) < 4.78 is 23.6. The molecule has 0 bridgehead atoms. The highest BCUT2D eigenvalue weighted by molar-refractivity contribution is 5.27. The highest BCUT2D eigenvalue weighted by atomic mass is 19.1. The molecule has 0 saturated carbocycles. The van der Waals surface area contributed by atoms with E-state index in [9.17, 15) is 4.39 Å². The van der Waals surface area contributed by atoms with E-state index in [1.54, 1.807) is 7.11 Å². The fourth-order valence-corrected chi connectivity index (χ4v) is 2.77. The van der Waals surface area contributed by atoms with Crippen LogP contribution in [-0.2, 0) is 9.47 Å². The van der Waals surface area contributed by atoms with Crippen LogP contribution in [0.5, 0.6) is 0 Å². The molecule has 3 heteroatoms. The molecule has 0 spiro atoms. The summed E-state index contributed by atoms with van der Waals surface area (Å²) in [5.74, 6) is 0.487. The van der Waals surface area contributed by atoms with Crippen molar-refractivity contribution in [1.29, 1.82) is 0 Å². The molecular weight excluding hydrogens is 243 g/mol. The van der Waals surface area contributed by atoms with Crippen molar-refractivity contribution >= 4 is 0 Å². The minimum Gasteiger partial charge on any atom is -0.381 e. The molecule has 0 aliphatic carbocycles. The monoisotopic (exact) mass is 266 g/mol. The van der Waals surface area contributed by atoms with Gasteiger partial charge in [-0.15, -0.1) is 0 Å². The second-order valence-corrected chi connectivity index (χ2v) is 5.34. The van der Waals surface area contributed by atoms with Gasteiger partial charge in [-0.3, -0.25) is 4.39 Å². The highest BCUT2D eigenvalue weighted by Gasteiger charge is 2.20. The van der Waals surface area contributed by atoms with Crippen LogP contribution in [0.15, 0.2) is 24.3 Å². The molecule has 0 amide bonds. The van der Waals surface area contributed by atoms with Crippen LogP contribution >= 0.6 is 0 Å². The van der Waals surface area contributed by atoms with Gasteiger partial charge in [-0.05, 0) is 29.9 Å². The van der Waals surface area contributed by atoms with Gasteiger partial charge in [0.15, 0.2) is 0 Å². The molecule has 0 unspecified atom stereocenters. The Hall–Kier alpha value is -0.930. The zero-order valence-electron chi connectivity index (χ0n) is 11.8. The van der Waals surface area contributed by atoms with E-state index in [2.05, 4.69) is 24.3 Å². The Balaban J connectivity index is 2.08. The Kier molecular flexibility index (Phi) is 5.34. The van der Waals surface area contributed by atoms with E-state index in [0.717, 1.165) is 31.6 Å². The molecule has 19 heavy (non-hydrogen) atoms. The maximum Gasteiger partial charge on any atom is 0.0948 e. The second kappa shape index (κ2) is 7.01. The van der Waals surface area contributed by atoms with E-state index < -0.39 is 0 Å². The number of rotatable bonds is 5. The zero-order valence-corrected chi connectivity index (χ0v) is 11.8. The van der Waals surface area contributed by atoms with Crippen molar-refractivity contribution in [3.05, 3.63) is 35.4 Å². The average molecular weight is 266 g/mol. The van der Waals surface area contributed by atoms with Crippen LogP contribution in [-0.4, -0.2) is 27.0 Å². The van der Waals surface area contributed by atoms with Gasteiger partial charge in [-0.25, -0.2) is 0 Å². The van der Waals surface area contributed by atoms with E-state index in [1.165, 1.54) is 5.56 Å². The van der Waals surface area contributed by atoms with Gasteiger partial charge in [0.1, 0.15) is 0 Å². The molecule has 1 fully saturated rings. The predicted octanol–water partition coefficient (Wildman–Crippen LogP) is 3.87. The first kappa shape index (κ1) is 14.5. The Morgan fingerprint density at radius 1 is 1.26 bits per heavy atom. The molecule has 1 aromatic rings. The molecule has 2 rings (SSSR count). The quantitative estimate of drug-likeness (QED) is 0.805. The Morgan fingerprint density at radius 2 is 1.89 bits per heavy atom. The molecule has 0 radical (unpaired) electrons. The summed E-state index contributed by atoms with van der Waals surface area (Å²) >= 11 is 0. The van der Waals surface area contributed by atoms with Gasteiger partial charge in [0, 0.05) is 26.2 Å². The normalized spacial score (nSPS) is 20.2. The Morgan fingerprint density at radius 3 is 2.42 bits per heavy atom. The number of methoxy groups -OCH3 is 1. The fraction of sp³-hybridized carbons (Fsp3) is 0.625. The van der Waals surface area contributed by atoms with Crippen LogP contribution in [0.2, 0.25) is 0 Å². The van der Waals surface area contributed by atoms with Crippen molar-refractivity contribution in [1.82, 2.24) is 0 Å². The van der Waals surface area contributed by atoms with Gasteiger partial charge < -0.3 is 9.47 Å². The predicted molar refractivity (Wildman–Crippen MR) is 74.1 cm³/mol. The molecule has 2 nitrogen and oxygen atoms in total. The zero-order chi connectivity index (χ0) is 13.7. The molecule has 0 N–H and O–H groups in total. The molecule has 0 aromatic heterocycles. The topological polar surface area (TPSA) is 18.5 Å². The maximum absolute atomic E-state index is 12.8. The van der Waals surface area contributed by atoms with E-state index >= 15 is 0 Å². The van der Waals surface area contributed by atoms with Crippen molar-refractivity contribution in [2.75, 3.05) is 27.0 Å². The van der Waals surface area contributed by atoms with Gasteiger partial charge in [-0.1, -0.05) is 31.2 Å². The standard InChI is InChI=1S/C16H23FO2/c1-12(11-17)16(18-2)15-5-3-13(4-6-15)14-7-9-19-10-8-14/h3-6,12,14,16H,7-11H2,1-2H3/t12-,16+/m1/s1. The number of ether oxygens (including phenoxy) is 2. The molecule has 106 valence electrons. The summed E-state index contributed by atoms with van der Waals surface area (Å²) in [7, 11) is 1.64. The molecule has 1 saturated heterocycles. The summed E-state index contributed by atoms with van der Waals surface area (Å²) in [6, 6.07) is 8.46. The van der Waals surface area contributed by atoms with E-state index in [4.69, 9.17) is 9.47 Å². The van der Waals surface area contributed by atoms with Crippen LogP contribution in [0.25, 0.3) is 0 Å². The van der Waals surface area contributed by atoms with Gasteiger partial charge in [-0.2, -0.15) is 0 Å². The first-order chi connectivity index (χ1) is 9.26. The molecular formula is C16H23FO2. The largest absolute Gasteiger partial charge is 0.381 e. The van der Waals surface area contributed by atoms with Crippen LogP contribution in [0, 0.1) is 5.92 Å². The van der Waals surface area contributed by atoms with Crippen molar-refractivity contribution in [2.24, 2.45) is 5.92 Å². The summed E-state index contributed by atoms with van der Waals surface area (Å²) in [5.41, 5.74) is 2.42. The third kappa shape index (κ3) is 3.54. The van der Waals surface area contributed by atoms with Crippen LogP contribution in [0.3, 0.4) is 0 Å². The minimum absolute atomic E-state index is 0.112. The lowest BCUT2D eigenvalue weighted by Crippen LogP contribution is -2.15. The minimum atomic E-state index is -0.361. The Labute approximate surface area is 114 Å². The summed E-state index contributed by atoms with van der Waals surface area (Å²) in [4.78, 5) is 0. The first-order valence-electron chi connectivity index (χ1n) is 7.02.